The molecule has 17 heavy (non-hydrogen) atoms. The molecule has 2 unspecified atom stereocenters. The molecule has 0 bridgehead atoms. The lowest BCUT2D eigenvalue weighted by Gasteiger charge is -2.05. The van der Waals surface area contributed by atoms with Gasteiger partial charge in [-0.1, -0.05) is 6.07 Å². The van der Waals surface area contributed by atoms with E-state index >= 15 is 0 Å². The molecule has 0 saturated heterocycles. The van der Waals surface area contributed by atoms with Crippen molar-refractivity contribution in [2.75, 3.05) is 12.5 Å². The number of hydrogen-bond acceptors (Lipinski definition) is 4. The molecule has 1 aromatic heterocycles. The summed E-state index contributed by atoms with van der Waals surface area (Å²) in [6.45, 7) is 1.97. The zero-order valence-electron chi connectivity index (χ0n) is 10.2. The minimum absolute atomic E-state index is 0.239. The Morgan fingerprint density at radius 2 is 2.12 bits per heavy atom. The van der Waals surface area contributed by atoms with E-state index in [1.807, 2.05) is 19.4 Å². The van der Waals surface area contributed by atoms with Crippen LogP contribution < -0.4 is 0 Å². The van der Waals surface area contributed by atoms with Crippen LogP contribution in [0.2, 0.25) is 0 Å². The van der Waals surface area contributed by atoms with Gasteiger partial charge >= 0.3 is 0 Å². The fourth-order valence-electron chi connectivity index (χ4n) is 2.07. The van der Waals surface area contributed by atoms with Gasteiger partial charge in [-0.3, -0.25) is 4.79 Å². The summed E-state index contributed by atoms with van der Waals surface area (Å²) in [5.41, 5.74) is 0.953. The molecule has 4 heteroatoms. The third kappa shape index (κ3) is 2.80. The van der Waals surface area contributed by atoms with Crippen LogP contribution in [0.4, 0.5) is 0 Å². The molecule has 1 aliphatic carbocycles. The Morgan fingerprint density at radius 1 is 1.41 bits per heavy atom. The fraction of sp³-hybridized carbons (Fsp3) is 0.462. The molecular formula is C13H16OS3. The topological polar surface area (TPSA) is 17.1 Å². The van der Waals surface area contributed by atoms with Gasteiger partial charge in [-0.15, -0.1) is 34.9 Å². The van der Waals surface area contributed by atoms with Crippen molar-refractivity contribution < 1.29 is 4.79 Å². The second-order valence-electron chi connectivity index (χ2n) is 4.15. The van der Waals surface area contributed by atoms with Crippen LogP contribution in [0.5, 0.6) is 0 Å². The Kier molecular flexibility index (Phi) is 4.39. The highest BCUT2D eigenvalue weighted by Gasteiger charge is 2.44. The van der Waals surface area contributed by atoms with Gasteiger partial charge in [0.1, 0.15) is 0 Å². The van der Waals surface area contributed by atoms with E-state index in [4.69, 9.17) is 0 Å². The Balaban J connectivity index is 2.07. The molecular weight excluding hydrogens is 268 g/mol. The number of hydrogen-bond donors (Lipinski definition) is 0. The molecule has 1 saturated carbocycles. The van der Waals surface area contributed by atoms with E-state index in [-0.39, 0.29) is 5.92 Å². The molecule has 1 nitrogen and oxygen atoms in total. The molecule has 92 valence electrons. The van der Waals surface area contributed by atoms with Gasteiger partial charge < -0.3 is 0 Å². The predicted molar refractivity (Wildman–Crippen MR) is 79.9 cm³/mol. The van der Waals surface area contributed by atoms with Gasteiger partial charge in [0, 0.05) is 26.5 Å². The maximum atomic E-state index is 12.3. The number of Topliss-reactive ketones (excluding diaryl/α,β-unsaturated/α-hetero) is 1. The number of allylic oxidation sites excluding steroid dienone is 1. The first kappa shape index (κ1) is 13.2. The third-order valence-corrected chi connectivity index (χ3v) is 6.44. The van der Waals surface area contributed by atoms with Crippen LogP contribution in [0.1, 0.15) is 24.1 Å². The molecule has 1 aromatic rings. The molecule has 0 aliphatic heterocycles. The van der Waals surface area contributed by atoms with Gasteiger partial charge in [0.2, 0.25) is 0 Å². The summed E-state index contributed by atoms with van der Waals surface area (Å²) in [6, 6.07) is 4.21. The Morgan fingerprint density at radius 3 is 2.65 bits per heavy atom. The number of thiophene rings is 1. The summed E-state index contributed by atoms with van der Waals surface area (Å²) in [6.07, 6.45) is 5.10. The van der Waals surface area contributed by atoms with Crippen molar-refractivity contribution in [1.82, 2.24) is 0 Å². The van der Waals surface area contributed by atoms with Crippen molar-refractivity contribution >= 4 is 40.6 Å². The van der Waals surface area contributed by atoms with E-state index in [9.17, 15) is 4.79 Å². The van der Waals surface area contributed by atoms with E-state index < -0.39 is 0 Å². The highest BCUT2D eigenvalue weighted by molar-refractivity contribution is 8.21. The van der Waals surface area contributed by atoms with Crippen molar-refractivity contribution in [1.29, 1.82) is 0 Å². The minimum atomic E-state index is 0.239. The second kappa shape index (κ2) is 5.63. The molecule has 1 heterocycles. The van der Waals surface area contributed by atoms with E-state index in [1.54, 1.807) is 34.9 Å². The molecule has 2 atom stereocenters. The van der Waals surface area contributed by atoms with Crippen molar-refractivity contribution in [3.63, 3.8) is 0 Å². The summed E-state index contributed by atoms with van der Waals surface area (Å²) < 4.78 is 1.16. The van der Waals surface area contributed by atoms with Crippen LogP contribution in [-0.4, -0.2) is 18.3 Å². The monoisotopic (exact) mass is 284 g/mol. The summed E-state index contributed by atoms with van der Waals surface area (Å²) in [7, 11) is 0. The van der Waals surface area contributed by atoms with Crippen molar-refractivity contribution in [2.45, 2.75) is 19.3 Å². The van der Waals surface area contributed by atoms with Gasteiger partial charge in [-0.25, -0.2) is 0 Å². The van der Waals surface area contributed by atoms with Crippen molar-refractivity contribution in [3.8, 4) is 0 Å². The van der Waals surface area contributed by atoms with Crippen molar-refractivity contribution in [2.24, 2.45) is 5.92 Å². The van der Waals surface area contributed by atoms with Crippen LogP contribution in [0.15, 0.2) is 27.3 Å². The van der Waals surface area contributed by atoms with E-state index in [2.05, 4.69) is 17.5 Å². The van der Waals surface area contributed by atoms with Gasteiger partial charge in [0.05, 0.1) is 0 Å². The highest BCUT2D eigenvalue weighted by atomic mass is 32.2. The number of thioether (sulfide) groups is 2. The quantitative estimate of drug-likeness (QED) is 0.747. The van der Waals surface area contributed by atoms with Gasteiger partial charge in [-0.05, 0) is 37.3 Å². The Labute approximate surface area is 115 Å². The number of ketones is 1. The van der Waals surface area contributed by atoms with Gasteiger partial charge in [0.15, 0.2) is 5.78 Å². The Hall–Kier alpha value is -0.190. The molecule has 2 rings (SSSR count). The van der Waals surface area contributed by atoms with Gasteiger partial charge in [-0.2, -0.15) is 0 Å². The second-order valence-corrected chi connectivity index (χ2v) is 7.02. The molecule has 0 spiro atoms. The average Bonchev–Trinajstić information content (AvgIpc) is 2.95. The largest absolute Gasteiger partial charge is 0.294 e. The maximum absolute atomic E-state index is 12.3. The lowest BCUT2D eigenvalue weighted by atomic mass is 10.1. The van der Waals surface area contributed by atoms with E-state index in [1.165, 1.54) is 4.88 Å². The maximum Gasteiger partial charge on any atom is 0.163 e. The summed E-state index contributed by atoms with van der Waals surface area (Å²) in [4.78, 5) is 13.7. The first-order valence-corrected chi connectivity index (χ1v) is 8.88. The first-order chi connectivity index (χ1) is 8.19. The number of carbonyl (C=O) groups excluding carboxylic acids is 1. The fourth-order valence-corrected chi connectivity index (χ4v) is 4.46. The summed E-state index contributed by atoms with van der Waals surface area (Å²) >= 11 is 5.12. The lowest BCUT2D eigenvalue weighted by Crippen LogP contribution is -2.04. The number of carbonyl (C=O) groups is 1. The third-order valence-electron chi connectivity index (χ3n) is 3.08. The normalized spacial score (nSPS) is 22.3. The van der Waals surface area contributed by atoms with Crippen LogP contribution in [0.3, 0.4) is 0 Å². The van der Waals surface area contributed by atoms with Crippen LogP contribution >= 0.6 is 34.9 Å². The summed E-state index contributed by atoms with van der Waals surface area (Å²) in [5, 5.41) is 2.09. The van der Waals surface area contributed by atoms with Crippen molar-refractivity contribution in [3.05, 3.63) is 32.2 Å². The smallest absolute Gasteiger partial charge is 0.163 e. The molecule has 0 N–H and O–H groups in total. The Bertz CT molecular complexity index is 428. The molecule has 0 amide bonds. The zero-order valence-corrected chi connectivity index (χ0v) is 12.7. The molecule has 0 radical (unpaired) electrons. The SMILES string of the molecule is CSC(SC)=C(C)C(=O)C1CC1c1cccs1. The van der Waals surface area contributed by atoms with Crippen LogP contribution in [0.25, 0.3) is 0 Å². The standard InChI is InChI=1S/C13H16OS3/c1-8(13(15-2)16-3)12(14)10-7-9(10)11-5-4-6-17-11/h4-6,9-10H,7H2,1-3H3. The molecule has 1 fully saturated rings. The van der Waals surface area contributed by atoms with E-state index in [0.717, 1.165) is 16.2 Å². The predicted octanol–water partition coefficient (Wildman–Crippen LogP) is 4.38. The molecule has 0 aromatic carbocycles. The lowest BCUT2D eigenvalue weighted by molar-refractivity contribution is -0.116. The van der Waals surface area contributed by atoms with Crippen LogP contribution in [-0.2, 0) is 4.79 Å². The first-order valence-electron chi connectivity index (χ1n) is 5.55. The summed E-state index contributed by atoms with van der Waals surface area (Å²) in [5.74, 6) is 1.08. The number of rotatable bonds is 5. The molecule has 1 aliphatic rings. The van der Waals surface area contributed by atoms with Gasteiger partial charge in [0.25, 0.3) is 0 Å². The van der Waals surface area contributed by atoms with Crippen LogP contribution in [0, 0.1) is 5.92 Å². The van der Waals surface area contributed by atoms with E-state index in [0.29, 0.717) is 11.7 Å². The average molecular weight is 284 g/mol. The highest BCUT2D eigenvalue weighted by Crippen LogP contribution is 2.51. The minimum Gasteiger partial charge on any atom is -0.294 e. The zero-order chi connectivity index (χ0) is 12.4.